The number of oxazole rings is 1. The predicted octanol–water partition coefficient (Wildman–Crippen LogP) is 5.09. The molecule has 3 rings (SSSR count). The zero-order valence-electron chi connectivity index (χ0n) is 17.7. The number of halogens is 2. The van der Waals surface area contributed by atoms with Gasteiger partial charge in [0.15, 0.2) is 11.7 Å². The van der Waals surface area contributed by atoms with Gasteiger partial charge in [0.25, 0.3) is 0 Å². The maximum atomic E-state index is 11.8. The highest BCUT2D eigenvalue weighted by Gasteiger charge is 2.27. The number of rotatable bonds is 7. The standard InChI is InChI=1S/C22H22Cl2N2O5S/c1-22(2,12-19(27)30-3)11-18-26-20(14-6-9-16(23)17(24)10-14)21(31-18)13-4-7-15(8-5-13)32(25,28)29/h4-10H,11-12H2,1-3H3,(H2,25,28,29). The number of esters is 1. The molecule has 0 atom stereocenters. The first kappa shape index (κ1) is 24.3. The molecule has 32 heavy (non-hydrogen) atoms. The molecule has 0 fully saturated rings. The highest BCUT2D eigenvalue weighted by molar-refractivity contribution is 7.89. The van der Waals surface area contributed by atoms with E-state index in [1.54, 1.807) is 30.3 Å². The van der Waals surface area contributed by atoms with Gasteiger partial charge in [0.05, 0.1) is 28.5 Å². The summed E-state index contributed by atoms with van der Waals surface area (Å²) in [6, 6.07) is 11.1. The number of methoxy groups -OCH3 is 1. The highest BCUT2D eigenvalue weighted by atomic mass is 35.5. The summed E-state index contributed by atoms with van der Waals surface area (Å²) < 4.78 is 34.0. The molecule has 0 saturated carbocycles. The second kappa shape index (κ2) is 9.23. The summed E-state index contributed by atoms with van der Waals surface area (Å²) in [4.78, 5) is 16.4. The lowest BCUT2D eigenvalue weighted by molar-refractivity contribution is -0.142. The van der Waals surface area contributed by atoms with Gasteiger partial charge in [-0.1, -0.05) is 43.1 Å². The fourth-order valence-corrected chi connectivity index (χ4v) is 4.02. The Hall–Kier alpha value is -2.39. The number of benzene rings is 2. The average molecular weight is 497 g/mol. The van der Waals surface area contributed by atoms with E-state index in [4.69, 9.17) is 37.5 Å². The number of aromatic nitrogens is 1. The Morgan fingerprint density at radius 3 is 2.28 bits per heavy atom. The number of nitrogens with two attached hydrogens (primary N) is 1. The highest BCUT2D eigenvalue weighted by Crippen LogP contribution is 2.37. The minimum Gasteiger partial charge on any atom is -0.469 e. The van der Waals surface area contributed by atoms with Gasteiger partial charge in [-0.05, 0) is 41.8 Å². The fraction of sp³-hybridized carbons (Fsp3) is 0.273. The lowest BCUT2D eigenvalue weighted by atomic mass is 9.86. The number of ether oxygens (including phenoxy) is 1. The minimum absolute atomic E-state index is 0.0173. The van der Waals surface area contributed by atoms with Crippen LogP contribution in [0.1, 0.15) is 26.2 Å². The molecule has 0 saturated heterocycles. The number of carbonyl (C=O) groups is 1. The Balaban J connectivity index is 2.08. The van der Waals surface area contributed by atoms with E-state index in [-0.39, 0.29) is 17.3 Å². The normalized spacial score (nSPS) is 12.1. The summed E-state index contributed by atoms with van der Waals surface area (Å²) in [6.07, 6.45) is 0.554. The van der Waals surface area contributed by atoms with Crippen molar-refractivity contribution in [1.29, 1.82) is 0 Å². The van der Waals surface area contributed by atoms with Crippen LogP contribution in [0.4, 0.5) is 0 Å². The quantitative estimate of drug-likeness (QED) is 0.455. The monoisotopic (exact) mass is 496 g/mol. The van der Waals surface area contributed by atoms with Crippen LogP contribution >= 0.6 is 23.2 Å². The summed E-state index contributed by atoms with van der Waals surface area (Å²) in [7, 11) is -2.49. The first-order chi connectivity index (χ1) is 14.9. The number of carbonyl (C=O) groups excluding carboxylic acids is 1. The third kappa shape index (κ3) is 5.69. The molecule has 3 aromatic rings. The van der Waals surface area contributed by atoms with Crippen LogP contribution in [0.25, 0.3) is 22.6 Å². The van der Waals surface area contributed by atoms with E-state index >= 15 is 0 Å². The second-order valence-corrected chi connectivity index (χ2v) is 10.5. The molecule has 2 aromatic carbocycles. The van der Waals surface area contributed by atoms with Crippen molar-refractivity contribution >= 4 is 39.2 Å². The van der Waals surface area contributed by atoms with E-state index in [0.29, 0.717) is 44.9 Å². The van der Waals surface area contributed by atoms with Crippen molar-refractivity contribution in [3.8, 4) is 22.6 Å². The third-order valence-electron chi connectivity index (χ3n) is 4.79. The molecule has 0 spiro atoms. The van der Waals surface area contributed by atoms with Gasteiger partial charge in [-0.15, -0.1) is 0 Å². The number of primary sulfonamides is 1. The van der Waals surface area contributed by atoms with Crippen LogP contribution in [-0.2, 0) is 26.0 Å². The molecule has 7 nitrogen and oxygen atoms in total. The lowest BCUT2D eigenvalue weighted by Gasteiger charge is -2.20. The van der Waals surface area contributed by atoms with E-state index in [1.165, 1.54) is 19.2 Å². The van der Waals surface area contributed by atoms with E-state index in [1.807, 2.05) is 13.8 Å². The van der Waals surface area contributed by atoms with Gasteiger partial charge >= 0.3 is 5.97 Å². The molecule has 0 aliphatic rings. The van der Waals surface area contributed by atoms with Crippen LogP contribution in [0.3, 0.4) is 0 Å². The molecule has 0 aliphatic heterocycles. The first-order valence-electron chi connectivity index (χ1n) is 9.55. The molecular weight excluding hydrogens is 475 g/mol. The Kier molecular flexibility index (Phi) is 7.00. The molecule has 10 heteroatoms. The summed E-state index contributed by atoms with van der Waals surface area (Å²) in [6.45, 7) is 3.82. The topological polar surface area (TPSA) is 112 Å². The van der Waals surface area contributed by atoms with Crippen molar-refractivity contribution in [3.63, 3.8) is 0 Å². The zero-order chi connectivity index (χ0) is 23.7. The van der Waals surface area contributed by atoms with Crippen LogP contribution in [0.15, 0.2) is 51.8 Å². The van der Waals surface area contributed by atoms with Crippen molar-refractivity contribution < 1.29 is 22.4 Å². The Labute approximate surface area is 196 Å². The number of hydrogen-bond acceptors (Lipinski definition) is 6. The summed E-state index contributed by atoms with van der Waals surface area (Å²) in [5, 5.41) is 5.95. The number of hydrogen-bond donors (Lipinski definition) is 1. The zero-order valence-corrected chi connectivity index (χ0v) is 20.0. The van der Waals surface area contributed by atoms with Crippen LogP contribution in [0, 0.1) is 5.41 Å². The van der Waals surface area contributed by atoms with Gasteiger partial charge in [0.1, 0.15) is 5.69 Å². The average Bonchev–Trinajstić information content (AvgIpc) is 3.12. The summed E-state index contributed by atoms with van der Waals surface area (Å²) >= 11 is 12.2. The fourth-order valence-electron chi connectivity index (χ4n) is 3.21. The van der Waals surface area contributed by atoms with Crippen molar-refractivity contribution in [2.24, 2.45) is 10.6 Å². The number of sulfonamides is 1. The third-order valence-corrected chi connectivity index (χ3v) is 6.46. The van der Waals surface area contributed by atoms with Crippen molar-refractivity contribution in [2.45, 2.75) is 31.6 Å². The van der Waals surface area contributed by atoms with Gasteiger partial charge in [0.2, 0.25) is 10.0 Å². The van der Waals surface area contributed by atoms with Crippen LogP contribution < -0.4 is 5.14 Å². The van der Waals surface area contributed by atoms with E-state index in [9.17, 15) is 13.2 Å². The number of nitrogens with zero attached hydrogens (tertiary/aromatic N) is 1. The van der Waals surface area contributed by atoms with Crippen LogP contribution in [0.5, 0.6) is 0 Å². The second-order valence-electron chi connectivity index (χ2n) is 8.08. The molecule has 2 N–H and O–H groups in total. The van der Waals surface area contributed by atoms with E-state index in [0.717, 1.165) is 0 Å². The van der Waals surface area contributed by atoms with Gasteiger partial charge in [-0.3, -0.25) is 4.79 Å². The Morgan fingerprint density at radius 1 is 1.09 bits per heavy atom. The largest absolute Gasteiger partial charge is 0.469 e. The van der Waals surface area contributed by atoms with E-state index < -0.39 is 15.4 Å². The minimum atomic E-state index is -3.83. The molecule has 0 bridgehead atoms. The molecule has 0 unspecified atom stereocenters. The molecule has 170 valence electrons. The lowest BCUT2D eigenvalue weighted by Crippen LogP contribution is -2.20. The van der Waals surface area contributed by atoms with Gasteiger partial charge in [0, 0.05) is 17.5 Å². The molecule has 1 heterocycles. The molecule has 0 aliphatic carbocycles. The SMILES string of the molecule is COC(=O)CC(C)(C)Cc1nc(-c2ccc(Cl)c(Cl)c2)c(-c2ccc(S(N)(=O)=O)cc2)o1. The molecule has 1 aromatic heterocycles. The maximum Gasteiger partial charge on any atom is 0.306 e. The smallest absolute Gasteiger partial charge is 0.306 e. The molecular formula is C22H22Cl2N2O5S. The van der Waals surface area contributed by atoms with Gasteiger partial charge in [-0.2, -0.15) is 0 Å². The predicted molar refractivity (Wildman–Crippen MR) is 123 cm³/mol. The first-order valence-corrected chi connectivity index (χ1v) is 11.8. The van der Waals surface area contributed by atoms with Crippen molar-refractivity contribution in [3.05, 3.63) is 58.4 Å². The molecule has 0 radical (unpaired) electrons. The maximum absolute atomic E-state index is 11.8. The Morgan fingerprint density at radius 2 is 1.72 bits per heavy atom. The molecule has 0 amide bonds. The van der Waals surface area contributed by atoms with Crippen LogP contribution in [-0.4, -0.2) is 26.5 Å². The summed E-state index contributed by atoms with van der Waals surface area (Å²) in [5.74, 6) is 0.504. The van der Waals surface area contributed by atoms with Crippen molar-refractivity contribution in [1.82, 2.24) is 4.98 Å². The van der Waals surface area contributed by atoms with Gasteiger partial charge < -0.3 is 9.15 Å². The Bertz CT molecular complexity index is 1250. The van der Waals surface area contributed by atoms with Crippen LogP contribution in [0.2, 0.25) is 10.0 Å². The van der Waals surface area contributed by atoms with E-state index in [2.05, 4.69) is 4.98 Å². The summed E-state index contributed by atoms with van der Waals surface area (Å²) in [5.41, 5.74) is 1.31. The van der Waals surface area contributed by atoms with Crippen molar-refractivity contribution in [2.75, 3.05) is 7.11 Å². The van der Waals surface area contributed by atoms with Gasteiger partial charge in [-0.25, -0.2) is 18.5 Å².